The number of ether oxygens (including phenoxy) is 2. The lowest BCUT2D eigenvalue weighted by Crippen LogP contribution is -2.52. The van der Waals surface area contributed by atoms with Crippen molar-refractivity contribution in [1.82, 2.24) is 4.90 Å². The van der Waals surface area contributed by atoms with Gasteiger partial charge in [-0.3, -0.25) is 9.79 Å². The summed E-state index contributed by atoms with van der Waals surface area (Å²) in [5, 5.41) is 0. The average Bonchev–Trinajstić information content (AvgIpc) is 3.47. The molecule has 2 aromatic rings. The van der Waals surface area contributed by atoms with E-state index in [2.05, 4.69) is 66.0 Å². The molecule has 0 spiro atoms. The fourth-order valence-electron chi connectivity index (χ4n) is 5.99. The molecule has 3 aliphatic heterocycles. The van der Waals surface area contributed by atoms with E-state index in [0.29, 0.717) is 6.61 Å². The van der Waals surface area contributed by atoms with Gasteiger partial charge in [0.15, 0.2) is 0 Å². The van der Waals surface area contributed by atoms with E-state index in [1.807, 2.05) is 13.0 Å². The standard InChI is InChI=1S/C29H34N2O3/c1-4-6-21-10-15-26(19(2)28(21)30-3)20-8-13-24(14-9-20)34-25-17-22-11-12-23(18-25)31(22)29(32)27-7-5-16-33-27/h4,6,8-10,13-15,22-23,25,27H,3,5,7,11-12,16-18H2,1-2H3/b6-4-/t22-,23+,25-,27-/m1/s1. The highest BCUT2D eigenvalue weighted by Crippen LogP contribution is 2.39. The molecular formula is C29H34N2O3. The summed E-state index contributed by atoms with van der Waals surface area (Å²) in [6, 6.07) is 13.1. The third kappa shape index (κ3) is 4.29. The van der Waals surface area contributed by atoms with Crippen molar-refractivity contribution in [3.63, 3.8) is 0 Å². The fraction of sp³-hybridized carbons (Fsp3) is 0.448. The summed E-state index contributed by atoms with van der Waals surface area (Å²) < 4.78 is 12.1. The van der Waals surface area contributed by atoms with Crippen molar-refractivity contribution in [2.45, 2.75) is 76.7 Å². The van der Waals surface area contributed by atoms with Gasteiger partial charge in [0.2, 0.25) is 0 Å². The SMILES string of the molecule is C=Nc1c(/C=C\C)ccc(-c2ccc(O[C@@H]3C[C@H]4CC[C@@H](C3)N4C(=O)[C@H]3CCCO3)cc2)c1C. The van der Waals surface area contributed by atoms with Crippen molar-refractivity contribution >= 4 is 24.4 Å². The van der Waals surface area contributed by atoms with Crippen LogP contribution >= 0.6 is 0 Å². The first-order valence-corrected chi connectivity index (χ1v) is 12.5. The summed E-state index contributed by atoms with van der Waals surface area (Å²) in [5.74, 6) is 1.09. The predicted octanol–water partition coefficient (Wildman–Crippen LogP) is 6.11. The first-order chi connectivity index (χ1) is 16.6. The van der Waals surface area contributed by atoms with E-state index in [1.54, 1.807) is 0 Å². The van der Waals surface area contributed by atoms with Crippen LogP contribution in [0.4, 0.5) is 5.69 Å². The number of amides is 1. The lowest BCUT2D eigenvalue weighted by atomic mass is 9.96. The largest absolute Gasteiger partial charge is 0.490 e. The highest BCUT2D eigenvalue weighted by atomic mass is 16.5. The summed E-state index contributed by atoms with van der Waals surface area (Å²) in [5.41, 5.74) is 5.42. The van der Waals surface area contributed by atoms with Crippen LogP contribution in [0.15, 0.2) is 47.5 Å². The Kier molecular flexibility index (Phi) is 6.55. The van der Waals surface area contributed by atoms with Gasteiger partial charge in [-0.2, -0.15) is 0 Å². The molecule has 178 valence electrons. The average molecular weight is 459 g/mol. The molecule has 2 bridgehead atoms. The summed E-state index contributed by atoms with van der Waals surface area (Å²) >= 11 is 0. The second-order valence-electron chi connectivity index (χ2n) is 9.70. The molecular weight excluding hydrogens is 424 g/mol. The van der Waals surface area contributed by atoms with Gasteiger partial charge in [0.05, 0.1) is 5.69 Å². The van der Waals surface area contributed by atoms with Crippen molar-refractivity contribution in [2.24, 2.45) is 4.99 Å². The Bertz CT molecular complexity index is 1070. The van der Waals surface area contributed by atoms with Gasteiger partial charge in [0.1, 0.15) is 18.0 Å². The lowest BCUT2D eigenvalue weighted by molar-refractivity contribution is -0.147. The zero-order valence-corrected chi connectivity index (χ0v) is 20.2. The Morgan fingerprint density at radius 2 is 1.85 bits per heavy atom. The quantitative estimate of drug-likeness (QED) is 0.491. The van der Waals surface area contributed by atoms with E-state index in [9.17, 15) is 4.79 Å². The molecule has 0 aromatic heterocycles. The van der Waals surface area contributed by atoms with Crippen LogP contribution in [0.3, 0.4) is 0 Å². The Hall–Kier alpha value is -2.92. The molecule has 0 saturated carbocycles. The molecule has 3 heterocycles. The Balaban J connectivity index is 1.26. The molecule has 34 heavy (non-hydrogen) atoms. The monoisotopic (exact) mass is 458 g/mol. The minimum atomic E-state index is -0.222. The van der Waals surface area contributed by atoms with E-state index < -0.39 is 0 Å². The Morgan fingerprint density at radius 3 is 2.47 bits per heavy atom. The van der Waals surface area contributed by atoms with Crippen LogP contribution in [0.1, 0.15) is 56.6 Å². The Labute approximate surface area is 202 Å². The van der Waals surface area contributed by atoms with Gasteiger partial charge in [-0.25, -0.2) is 0 Å². The molecule has 5 nitrogen and oxygen atoms in total. The van der Waals surface area contributed by atoms with E-state index in [0.717, 1.165) is 72.2 Å². The molecule has 0 N–H and O–H groups in total. The number of fused-ring (bicyclic) bond motifs is 2. The molecule has 4 atom stereocenters. The molecule has 0 unspecified atom stereocenters. The minimum absolute atomic E-state index is 0.148. The van der Waals surface area contributed by atoms with Gasteiger partial charge < -0.3 is 14.4 Å². The third-order valence-corrected chi connectivity index (χ3v) is 7.58. The molecule has 0 radical (unpaired) electrons. The van der Waals surface area contributed by atoms with Gasteiger partial charge in [0.25, 0.3) is 5.91 Å². The van der Waals surface area contributed by atoms with Crippen molar-refractivity contribution < 1.29 is 14.3 Å². The number of hydrogen-bond acceptors (Lipinski definition) is 4. The molecule has 5 heteroatoms. The normalized spacial score (nSPS) is 26.2. The number of benzene rings is 2. The summed E-state index contributed by atoms with van der Waals surface area (Å²) in [4.78, 5) is 19.4. The van der Waals surface area contributed by atoms with E-state index in [4.69, 9.17) is 9.47 Å². The molecule has 1 amide bonds. The molecule has 3 aliphatic rings. The van der Waals surface area contributed by atoms with Gasteiger partial charge in [-0.05, 0) is 75.1 Å². The summed E-state index contributed by atoms with van der Waals surface area (Å²) in [6.45, 7) is 8.58. The van der Waals surface area contributed by atoms with Crippen molar-refractivity contribution in [2.75, 3.05) is 6.61 Å². The van der Waals surface area contributed by atoms with Crippen LogP contribution in [0, 0.1) is 6.92 Å². The molecule has 2 aromatic carbocycles. The van der Waals surface area contributed by atoms with Crippen LogP contribution in [0.2, 0.25) is 0 Å². The number of allylic oxidation sites excluding steroid dienone is 1. The number of rotatable bonds is 6. The zero-order valence-electron chi connectivity index (χ0n) is 20.2. The topological polar surface area (TPSA) is 51.1 Å². The number of hydrogen-bond donors (Lipinski definition) is 0. The maximum atomic E-state index is 13.0. The van der Waals surface area contributed by atoms with Crippen molar-refractivity contribution in [3.05, 3.63) is 53.6 Å². The van der Waals surface area contributed by atoms with Gasteiger partial charge in [-0.1, -0.05) is 36.4 Å². The number of carbonyl (C=O) groups excluding carboxylic acids is 1. The third-order valence-electron chi connectivity index (χ3n) is 7.58. The first kappa shape index (κ1) is 22.9. The van der Waals surface area contributed by atoms with Crippen LogP contribution in [-0.4, -0.2) is 48.4 Å². The zero-order chi connectivity index (χ0) is 23.7. The number of carbonyl (C=O) groups is 1. The maximum absolute atomic E-state index is 13.0. The first-order valence-electron chi connectivity index (χ1n) is 12.5. The van der Waals surface area contributed by atoms with Crippen molar-refractivity contribution in [1.29, 1.82) is 0 Å². The van der Waals surface area contributed by atoms with Crippen LogP contribution in [0.25, 0.3) is 17.2 Å². The van der Waals surface area contributed by atoms with E-state index >= 15 is 0 Å². The highest BCUT2D eigenvalue weighted by molar-refractivity contribution is 5.82. The molecule has 0 aliphatic carbocycles. The summed E-state index contributed by atoms with van der Waals surface area (Å²) in [7, 11) is 0. The van der Waals surface area contributed by atoms with Gasteiger partial charge in [-0.15, -0.1) is 0 Å². The molecule has 3 fully saturated rings. The summed E-state index contributed by atoms with van der Waals surface area (Å²) in [6.07, 6.45) is 9.81. The fourth-order valence-corrected chi connectivity index (χ4v) is 5.99. The predicted molar refractivity (Wildman–Crippen MR) is 137 cm³/mol. The molecule has 3 saturated heterocycles. The second-order valence-corrected chi connectivity index (χ2v) is 9.70. The maximum Gasteiger partial charge on any atom is 0.252 e. The van der Waals surface area contributed by atoms with E-state index in [-0.39, 0.29) is 30.2 Å². The van der Waals surface area contributed by atoms with Gasteiger partial charge >= 0.3 is 0 Å². The highest BCUT2D eigenvalue weighted by Gasteiger charge is 2.46. The minimum Gasteiger partial charge on any atom is -0.490 e. The van der Waals surface area contributed by atoms with Gasteiger partial charge in [0, 0.05) is 37.1 Å². The smallest absolute Gasteiger partial charge is 0.252 e. The van der Waals surface area contributed by atoms with Crippen LogP contribution in [0.5, 0.6) is 5.75 Å². The number of nitrogens with zero attached hydrogens (tertiary/aromatic N) is 2. The van der Waals surface area contributed by atoms with Crippen molar-refractivity contribution in [3.8, 4) is 16.9 Å². The van der Waals surface area contributed by atoms with E-state index in [1.165, 1.54) is 0 Å². The number of aliphatic imine (C=N–C) groups is 1. The molecule has 5 rings (SSSR count). The van der Waals surface area contributed by atoms with Crippen LogP contribution < -0.4 is 4.74 Å². The second kappa shape index (κ2) is 9.75. The lowest BCUT2D eigenvalue weighted by Gasteiger charge is -2.39. The number of piperidine rings is 1. The Morgan fingerprint density at radius 1 is 1.12 bits per heavy atom. The van der Waals surface area contributed by atoms with Crippen LogP contribution in [-0.2, 0) is 9.53 Å².